The molecule has 1 aromatic carbocycles. The van der Waals surface area contributed by atoms with Gasteiger partial charge in [0, 0.05) is 22.8 Å². The lowest BCUT2D eigenvalue weighted by atomic mass is 10.0. The van der Waals surface area contributed by atoms with E-state index in [4.69, 9.17) is 4.42 Å². The van der Waals surface area contributed by atoms with Gasteiger partial charge in [-0.1, -0.05) is 25.1 Å². The molecule has 0 atom stereocenters. The number of fused-ring (bicyclic) bond motifs is 1. The van der Waals surface area contributed by atoms with Gasteiger partial charge < -0.3 is 4.42 Å². The SMILES string of the molecule is CCc1oc2ccccc2c1C(=O)c1csc(Br)c1. The maximum Gasteiger partial charge on any atom is 0.198 e. The Morgan fingerprint density at radius 3 is 2.84 bits per heavy atom. The Labute approximate surface area is 123 Å². The summed E-state index contributed by atoms with van der Waals surface area (Å²) in [5, 5.41) is 2.76. The van der Waals surface area contributed by atoms with Crippen molar-refractivity contribution in [2.24, 2.45) is 0 Å². The molecule has 2 heterocycles. The van der Waals surface area contributed by atoms with Crippen LogP contribution in [0, 0.1) is 0 Å². The number of halogens is 1. The third kappa shape index (κ3) is 2.15. The summed E-state index contributed by atoms with van der Waals surface area (Å²) in [6, 6.07) is 9.54. The molecule has 0 aliphatic heterocycles. The van der Waals surface area contributed by atoms with E-state index in [2.05, 4.69) is 15.9 Å². The van der Waals surface area contributed by atoms with Crippen molar-refractivity contribution in [1.82, 2.24) is 0 Å². The molecule has 96 valence electrons. The van der Waals surface area contributed by atoms with Crippen LogP contribution in [0.15, 0.2) is 43.9 Å². The van der Waals surface area contributed by atoms with Crippen LogP contribution in [0.4, 0.5) is 0 Å². The highest BCUT2D eigenvalue weighted by Gasteiger charge is 2.21. The molecule has 2 nitrogen and oxygen atoms in total. The van der Waals surface area contributed by atoms with Crippen LogP contribution in [0.3, 0.4) is 0 Å². The molecule has 4 heteroatoms. The number of thiophene rings is 1. The first kappa shape index (κ1) is 12.6. The van der Waals surface area contributed by atoms with E-state index in [1.807, 2.05) is 42.6 Å². The molecule has 0 bridgehead atoms. The standard InChI is InChI=1S/C15H11BrO2S/c1-2-11-14(10-5-3-4-6-12(10)18-11)15(17)9-7-13(16)19-8-9/h3-8H,2H2,1H3. The van der Waals surface area contributed by atoms with E-state index in [-0.39, 0.29) is 5.78 Å². The van der Waals surface area contributed by atoms with E-state index in [0.717, 1.165) is 20.5 Å². The van der Waals surface area contributed by atoms with Crippen LogP contribution in [0.5, 0.6) is 0 Å². The highest BCUT2D eigenvalue weighted by atomic mass is 79.9. The van der Waals surface area contributed by atoms with Crippen LogP contribution >= 0.6 is 27.3 Å². The normalized spacial score (nSPS) is 11.1. The lowest BCUT2D eigenvalue weighted by Gasteiger charge is -1.98. The number of rotatable bonds is 3. The molecule has 0 amide bonds. The Morgan fingerprint density at radius 2 is 2.16 bits per heavy atom. The Balaban J connectivity index is 2.21. The van der Waals surface area contributed by atoms with E-state index < -0.39 is 0 Å². The minimum atomic E-state index is 0.0313. The number of para-hydroxylation sites is 1. The lowest BCUT2D eigenvalue weighted by molar-refractivity contribution is 0.103. The Morgan fingerprint density at radius 1 is 1.37 bits per heavy atom. The first-order chi connectivity index (χ1) is 9.20. The van der Waals surface area contributed by atoms with Crippen molar-refractivity contribution in [3.63, 3.8) is 0 Å². The summed E-state index contributed by atoms with van der Waals surface area (Å²) in [4.78, 5) is 12.6. The van der Waals surface area contributed by atoms with Gasteiger partial charge in [-0.05, 0) is 28.1 Å². The van der Waals surface area contributed by atoms with Crippen LogP contribution in [-0.4, -0.2) is 5.78 Å². The summed E-state index contributed by atoms with van der Waals surface area (Å²) in [6.45, 7) is 2.00. The van der Waals surface area contributed by atoms with E-state index in [0.29, 0.717) is 17.5 Å². The minimum Gasteiger partial charge on any atom is -0.460 e. The van der Waals surface area contributed by atoms with Gasteiger partial charge in [0.15, 0.2) is 5.78 Å². The van der Waals surface area contributed by atoms with Crippen molar-refractivity contribution in [3.05, 3.63) is 56.4 Å². The second-order valence-electron chi connectivity index (χ2n) is 4.22. The summed E-state index contributed by atoms with van der Waals surface area (Å²) < 4.78 is 6.73. The van der Waals surface area contributed by atoms with Crippen molar-refractivity contribution in [2.75, 3.05) is 0 Å². The molecule has 0 aliphatic carbocycles. The number of carbonyl (C=O) groups is 1. The van der Waals surface area contributed by atoms with Gasteiger partial charge in [-0.25, -0.2) is 0 Å². The van der Waals surface area contributed by atoms with Gasteiger partial charge in [-0.3, -0.25) is 4.79 Å². The summed E-state index contributed by atoms with van der Waals surface area (Å²) in [5.41, 5.74) is 2.18. The second kappa shape index (κ2) is 4.94. The zero-order valence-electron chi connectivity index (χ0n) is 10.3. The number of ketones is 1. The molecular weight excluding hydrogens is 324 g/mol. The summed E-state index contributed by atoms with van der Waals surface area (Å²) >= 11 is 4.91. The molecule has 0 N–H and O–H groups in total. The van der Waals surface area contributed by atoms with Crippen molar-refractivity contribution in [2.45, 2.75) is 13.3 Å². The zero-order valence-corrected chi connectivity index (χ0v) is 12.7. The molecule has 0 saturated heterocycles. The number of furan rings is 1. The average Bonchev–Trinajstić information content (AvgIpc) is 3.01. The fourth-order valence-electron chi connectivity index (χ4n) is 2.17. The van der Waals surface area contributed by atoms with Crippen molar-refractivity contribution >= 4 is 44.0 Å². The van der Waals surface area contributed by atoms with E-state index >= 15 is 0 Å². The molecule has 0 aliphatic rings. The number of hydrogen-bond acceptors (Lipinski definition) is 3. The highest BCUT2D eigenvalue weighted by molar-refractivity contribution is 9.11. The second-order valence-corrected chi connectivity index (χ2v) is 6.51. The number of carbonyl (C=O) groups excluding carboxylic acids is 1. The molecule has 3 rings (SSSR count). The van der Waals surface area contributed by atoms with Gasteiger partial charge in [0.2, 0.25) is 0 Å². The topological polar surface area (TPSA) is 30.2 Å². The van der Waals surface area contributed by atoms with Crippen LogP contribution in [-0.2, 0) is 6.42 Å². The predicted octanol–water partition coefficient (Wildman–Crippen LogP) is 5.05. The first-order valence-electron chi connectivity index (χ1n) is 6.00. The third-order valence-electron chi connectivity index (χ3n) is 3.05. The molecule has 19 heavy (non-hydrogen) atoms. The summed E-state index contributed by atoms with van der Waals surface area (Å²) in [6.07, 6.45) is 0.709. The molecule has 2 aromatic heterocycles. The largest absolute Gasteiger partial charge is 0.460 e. The predicted molar refractivity (Wildman–Crippen MR) is 81.0 cm³/mol. The van der Waals surface area contributed by atoms with Gasteiger partial charge in [0.05, 0.1) is 9.35 Å². The Hall–Kier alpha value is -1.39. The van der Waals surface area contributed by atoms with E-state index in [1.165, 1.54) is 11.3 Å². The maximum absolute atomic E-state index is 12.6. The smallest absolute Gasteiger partial charge is 0.198 e. The fourth-order valence-corrected chi connectivity index (χ4v) is 3.30. The van der Waals surface area contributed by atoms with Crippen LogP contribution in [0.1, 0.15) is 28.6 Å². The fraction of sp³-hybridized carbons (Fsp3) is 0.133. The lowest BCUT2D eigenvalue weighted by Crippen LogP contribution is -2.01. The van der Waals surface area contributed by atoms with Crippen molar-refractivity contribution < 1.29 is 9.21 Å². The molecule has 0 unspecified atom stereocenters. The number of benzene rings is 1. The third-order valence-corrected chi connectivity index (χ3v) is 4.55. The highest BCUT2D eigenvalue weighted by Crippen LogP contribution is 2.30. The Bertz CT molecular complexity index is 754. The maximum atomic E-state index is 12.6. The molecule has 0 saturated carbocycles. The molecule has 3 aromatic rings. The van der Waals surface area contributed by atoms with Crippen LogP contribution in [0.2, 0.25) is 0 Å². The van der Waals surface area contributed by atoms with Gasteiger partial charge in [-0.2, -0.15) is 0 Å². The van der Waals surface area contributed by atoms with Gasteiger partial charge in [0.1, 0.15) is 11.3 Å². The first-order valence-corrected chi connectivity index (χ1v) is 7.67. The van der Waals surface area contributed by atoms with E-state index in [9.17, 15) is 4.79 Å². The minimum absolute atomic E-state index is 0.0313. The van der Waals surface area contributed by atoms with Gasteiger partial charge >= 0.3 is 0 Å². The van der Waals surface area contributed by atoms with Crippen LogP contribution in [0.25, 0.3) is 11.0 Å². The number of hydrogen-bond donors (Lipinski definition) is 0. The monoisotopic (exact) mass is 334 g/mol. The van der Waals surface area contributed by atoms with Crippen LogP contribution < -0.4 is 0 Å². The zero-order chi connectivity index (χ0) is 13.4. The van der Waals surface area contributed by atoms with Crippen molar-refractivity contribution in [1.29, 1.82) is 0 Å². The molecule has 0 spiro atoms. The van der Waals surface area contributed by atoms with Gasteiger partial charge in [0.25, 0.3) is 0 Å². The van der Waals surface area contributed by atoms with E-state index in [1.54, 1.807) is 0 Å². The molecule has 0 fully saturated rings. The quantitative estimate of drug-likeness (QED) is 0.627. The summed E-state index contributed by atoms with van der Waals surface area (Å²) in [7, 11) is 0. The summed E-state index contributed by atoms with van der Waals surface area (Å²) in [5.74, 6) is 0.789. The average molecular weight is 335 g/mol. The molecular formula is C15H11BrO2S. The molecule has 0 radical (unpaired) electrons. The van der Waals surface area contributed by atoms with Crippen molar-refractivity contribution in [3.8, 4) is 0 Å². The Kier molecular flexibility index (Phi) is 3.29. The van der Waals surface area contributed by atoms with Gasteiger partial charge in [-0.15, -0.1) is 11.3 Å². The number of aryl methyl sites for hydroxylation is 1.